The predicted molar refractivity (Wildman–Crippen MR) is 123 cm³/mol. The molecule has 0 spiro atoms. The number of piperidine rings is 1. The number of fused-ring (bicyclic) bond motifs is 1. The van der Waals surface area contributed by atoms with E-state index in [0.29, 0.717) is 12.1 Å². The maximum absolute atomic E-state index is 13.3. The summed E-state index contributed by atoms with van der Waals surface area (Å²) in [5.41, 5.74) is 10.0. The first kappa shape index (κ1) is 20.8. The van der Waals surface area contributed by atoms with Crippen LogP contribution in [-0.2, 0) is 0 Å². The Kier molecular flexibility index (Phi) is 5.25. The molecule has 2 saturated heterocycles. The molecule has 2 atom stereocenters. The number of benzene rings is 1. The van der Waals surface area contributed by atoms with E-state index < -0.39 is 0 Å². The van der Waals surface area contributed by atoms with Gasteiger partial charge in [0.05, 0.1) is 17.3 Å². The molecule has 2 aliphatic rings. The number of phenols is 1. The third kappa shape index (κ3) is 3.68. The molecule has 3 aromatic rings. The average molecular weight is 435 g/mol. The summed E-state index contributed by atoms with van der Waals surface area (Å²) in [6, 6.07) is 7.24. The van der Waals surface area contributed by atoms with Gasteiger partial charge in [0.15, 0.2) is 5.65 Å². The Bertz CT molecular complexity index is 1170. The maximum Gasteiger partial charge on any atom is 0.258 e. The molecule has 8 heteroatoms. The highest BCUT2D eigenvalue weighted by atomic mass is 16.3. The van der Waals surface area contributed by atoms with Gasteiger partial charge in [0.2, 0.25) is 0 Å². The molecular formula is C24H30N6O2. The highest BCUT2D eigenvalue weighted by molar-refractivity contribution is 5.97. The minimum absolute atomic E-state index is 0.0279. The molecule has 2 aliphatic heterocycles. The second-order valence-electron chi connectivity index (χ2n) is 9.14. The van der Waals surface area contributed by atoms with Crippen molar-refractivity contribution in [2.45, 2.75) is 51.6 Å². The Morgan fingerprint density at radius 3 is 2.75 bits per heavy atom. The van der Waals surface area contributed by atoms with Crippen LogP contribution >= 0.6 is 0 Å². The topological polar surface area (TPSA) is 100.0 Å². The van der Waals surface area contributed by atoms with E-state index in [1.165, 1.54) is 0 Å². The van der Waals surface area contributed by atoms with E-state index in [0.717, 1.165) is 67.1 Å². The van der Waals surface area contributed by atoms with Crippen molar-refractivity contribution in [2.24, 2.45) is 5.73 Å². The summed E-state index contributed by atoms with van der Waals surface area (Å²) in [6.07, 6.45) is 5.80. The van der Waals surface area contributed by atoms with Gasteiger partial charge in [-0.3, -0.25) is 4.79 Å². The fraction of sp³-hybridized carbons (Fsp3) is 0.458. The van der Waals surface area contributed by atoms with Crippen molar-refractivity contribution in [1.82, 2.24) is 19.5 Å². The maximum atomic E-state index is 13.3. The lowest BCUT2D eigenvalue weighted by molar-refractivity contribution is 0.0602. The minimum atomic E-state index is -0.153. The highest BCUT2D eigenvalue weighted by Crippen LogP contribution is 2.34. The van der Waals surface area contributed by atoms with Crippen molar-refractivity contribution in [3.63, 3.8) is 0 Å². The van der Waals surface area contributed by atoms with Crippen LogP contribution in [0.2, 0.25) is 0 Å². The fourth-order valence-electron chi connectivity index (χ4n) is 4.94. The van der Waals surface area contributed by atoms with E-state index >= 15 is 0 Å². The van der Waals surface area contributed by atoms with Gasteiger partial charge in [-0.25, -0.2) is 9.50 Å². The number of carbonyl (C=O) groups is 1. The van der Waals surface area contributed by atoms with Crippen molar-refractivity contribution in [1.29, 1.82) is 0 Å². The molecule has 1 aromatic carbocycles. The van der Waals surface area contributed by atoms with E-state index in [1.807, 2.05) is 41.6 Å². The molecule has 2 aromatic heterocycles. The predicted octanol–water partition coefficient (Wildman–Crippen LogP) is 2.96. The zero-order chi connectivity index (χ0) is 22.4. The van der Waals surface area contributed by atoms with E-state index in [1.54, 1.807) is 12.1 Å². The van der Waals surface area contributed by atoms with Gasteiger partial charge < -0.3 is 20.6 Å². The molecule has 4 heterocycles. The van der Waals surface area contributed by atoms with Crippen LogP contribution in [0.1, 0.15) is 58.9 Å². The summed E-state index contributed by atoms with van der Waals surface area (Å²) >= 11 is 0. The van der Waals surface area contributed by atoms with Crippen molar-refractivity contribution in [3.8, 4) is 5.75 Å². The SMILES string of the molecule is Cc1ccc(C(=O)N2CCCCC2c2cc3nc(N4CC[C@H](N)C4)c(C)cn3n2)c(O)c1. The first-order chi connectivity index (χ1) is 15.4. The van der Waals surface area contributed by atoms with Crippen LogP contribution in [0.4, 0.5) is 5.82 Å². The van der Waals surface area contributed by atoms with E-state index in [9.17, 15) is 9.90 Å². The van der Waals surface area contributed by atoms with Gasteiger partial charge in [0, 0.05) is 43.5 Å². The molecule has 0 radical (unpaired) electrons. The molecule has 5 rings (SSSR count). The van der Waals surface area contributed by atoms with E-state index in [2.05, 4.69) is 4.90 Å². The smallest absolute Gasteiger partial charge is 0.258 e. The standard InChI is InChI=1S/C24H30N6O2/c1-15-6-7-18(21(31)11-15)24(32)29-9-4-3-5-20(29)19-12-22-26-23(16(2)13-30(22)27-19)28-10-8-17(25)14-28/h6-7,11-13,17,20,31H,3-5,8-10,14,25H2,1-2H3/t17-,20?/m0/s1. The monoisotopic (exact) mass is 434 g/mol. The Morgan fingerprint density at radius 1 is 1.16 bits per heavy atom. The number of aromatic nitrogens is 3. The Balaban J connectivity index is 1.47. The number of rotatable bonds is 3. The van der Waals surface area contributed by atoms with Gasteiger partial charge >= 0.3 is 0 Å². The van der Waals surface area contributed by atoms with Crippen LogP contribution in [0.3, 0.4) is 0 Å². The number of phenolic OH excluding ortho intramolecular Hbond substituents is 1. The second kappa shape index (κ2) is 8.09. The van der Waals surface area contributed by atoms with Gasteiger partial charge in [0.25, 0.3) is 5.91 Å². The average Bonchev–Trinajstić information content (AvgIpc) is 3.38. The molecule has 32 heavy (non-hydrogen) atoms. The Hall–Kier alpha value is -3.13. The number of aryl methyl sites for hydroxylation is 2. The Labute approximate surface area is 187 Å². The summed E-state index contributed by atoms with van der Waals surface area (Å²) < 4.78 is 1.81. The van der Waals surface area contributed by atoms with Crippen LogP contribution in [0.25, 0.3) is 5.65 Å². The molecule has 0 aliphatic carbocycles. The molecular weight excluding hydrogens is 404 g/mol. The number of nitrogens with zero attached hydrogens (tertiary/aromatic N) is 5. The van der Waals surface area contributed by atoms with Crippen LogP contribution in [0, 0.1) is 13.8 Å². The molecule has 0 saturated carbocycles. The number of nitrogens with two attached hydrogens (primary N) is 1. The summed E-state index contributed by atoms with van der Waals surface area (Å²) in [6.45, 7) is 6.32. The third-order valence-electron chi connectivity index (χ3n) is 6.64. The van der Waals surface area contributed by atoms with Crippen LogP contribution in [-0.4, -0.2) is 56.2 Å². The first-order valence-corrected chi connectivity index (χ1v) is 11.4. The van der Waals surface area contributed by atoms with Crippen molar-refractivity contribution < 1.29 is 9.90 Å². The van der Waals surface area contributed by atoms with Crippen LogP contribution in [0.15, 0.2) is 30.5 Å². The number of likely N-dealkylation sites (tertiary alicyclic amines) is 1. The van der Waals surface area contributed by atoms with Crippen molar-refractivity contribution in [3.05, 3.63) is 52.8 Å². The third-order valence-corrected chi connectivity index (χ3v) is 6.64. The number of hydrogen-bond acceptors (Lipinski definition) is 6. The van der Waals surface area contributed by atoms with Crippen molar-refractivity contribution >= 4 is 17.4 Å². The lowest BCUT2D eigenvalue weighted by Gasteiger charge is -2.35. The largest absolute Gasteiger partial charge is 0.507 e. The molecule has 1 amide bonds. The molecule has 168 valence electrons. The van der Waals surface area contributed by atoms with Gasteiger partial charge in [-0.2, -0.15) is 5.10 Å². The van der Waals surface area contributed by atoms with Crippen LogP contribution < -0.4 is 10.6 Å². The summed E-state index contributed by atoms with van der Waals surface area (Å²) in [5, 5.41) is 15.2. The normalized spacial score (nSPS) is 21.5. The van der Waals surface area contributed by atoms with E-state index in [4.69, 9.17) is 15.8 Å². The summed E-state index contributed by atoms with van der Waals surface area (Å²) in [7, 11) is 0. The second-order valence-corrected chi connectivity index (χ2v) is 9.14. The summed E-state index contributed by atoms with van der Waals surface area (Å²) in [4.78, 5) is 22.3. The van der Waals surface area contributed by atoms with E-state index in [-0.39, 0.29) is 23.7 Å². The first-order valence-electron chi connectivity index (χ1n) is 11.4. The zero-order valence-corrected chi connectivity index (χ0v) is 18.7. The number of amides is 1. The molecule has 3 N–H and O–H groups in total. The zero-order valence-electron chi connectivity index (χ0n) is 18.7. The molecule has 0 bridgehead atoms. The van der Waals surface area contributed by atoms with Crippen LogP contribution in [0.5, 0.6) is 5.75 Å². The minimum Gasteiger partial charge on any atom is -0.507 e. The van der Waals surface area contributed by atoms with Gasteiger partial charge in [0.1, 0.15) is 11.6 Å². The quantitative estimate of drug-likeness (QED) is 0.657. The van der Waals surface area contributed by atoms with Gasteiger partial charge in [-0.1, -0.05) is 6.07 Å². The fourth-order valence-corrected chi connectivity index (χ4v) is 4.94. The lowest BCUT2D eigenvalue weighted by Crippen LogP contribution is -2.38. The molecule has 1 unspecified atom stereocenters. The number of aromatic hydroxyl groups is 1. The van der Waals surface area contributed by atoms with Gasteiger partial charge in [-0.15, -0.1) is 0 Å². The molecule has 8 nitrogen and oxygen atoms in total. The summed E-state index contributed by atoms with van der Waals surface area (Å²) in [5.74, 6) is 0.832. The number of carbonyl (C=O) groups excluding carboxylic acids is 1. The number of hydrogen-bond donors (Lipinski definition) is 2. The highest BCUT2D eigenvalue weighted by Gasteiger charge is 2.32. The Morgan fingerprint density at radius 2 is 2.00 bits per heavy atom. The van der Waals surface area contributed by atoms with Gasteiger partial charge in [-0.05, 0) is 57.2 Å². The molecule has 2 fully saturated rings. The lowest BCUT2D eigenvalue weighted by atomic mass is 9.98. The number of anilines is 1. The van der Waals surface area contributed by atoms with Crippen molar-refractivity contribution in [2.75, 3.05) is 24.5 Å².